The van der Waals surface area contributed by atoms with Crippen LogP contribution in [-0.2, 0) is 4.79 Å². The lowest BCUT2D eigenvalue weighted by Crippen LogP contribution is -2.39. The molecule has 0 aliphatic rings. The molecule has 0 aromatic carbocycles. The number of nitrogen functional groups attached to an aromatic ring is 1. The number of carbonyl (C=O) groups is 2. The fourth-order valence-corrected chi connectivity index (χ4v) is 1.85. The second-order valence-corrected chi connectivity index (χ2v) is 4.53. The first-order valence-electron chi connectivity index (χ1n) is 4.91. The van der Waals surface area contributed by atoms with E-state index in [0.717, 1.165) is 0 Å². The van der Waals surface area contributed by atoms with E-state index in [4.69, 9.17) is 5.73 Å². The SMILES string of the molecule is CC(C)NC(=O)CNC(=O)c1sccc1N. The summed E-state index contributed by atoms with van der Waals surface area (Å²) in [4.78, 5) is 23.3. The van der Waals surface area contributed by atoms with E-state index in [-0.39, 0.29) is 24.4 Å². The molecule has 88 valence electrons. The molecule has 16 heavy (non-hydrogen) atoms. The number of amides is 2. The van der Waals surface area contributed by atoms with Crippen LogP contribution in [-0.4, -0.2) is 24.4 Å². The average Bonchev–Trinajstić information content (AvgIpc) is 2.60. The van der Waals surface area contributed by atoms with Gasteiger partial charge in [0.05, 0.1) is 12.2 Å². The van der Waals surface area contributed by atoms with Gasteiger partial charge in [0.1, 0.15) is 4.88 Å². The van der Waals surface area contributed by atoms with Gasteiger partial charge in [0.25, 0.3) is 5.91 Å². The van der Waals surface area contributed by atoms with Crippen LogP contribution in [0.4, 0.5) is 5.69 Å². The standard InChI is InChI=1S/C10H15N3O2S/c1-6(2)13-8(14)5-12-10(15)9-7(11)3-4-16-9/h3-4,6H,5,11H2,1-2H3,(H,12,15)(H,13,14). The van der Waals surface area contributed by atoms with Crippen molar-refractivity contribution in [3.63, 3.8) is 0 Å². The van der Waals surface area contributed by atoms with E-state index in [1.165, 1.54) is 11.3 Å². The average molecular weight is 241 g/mol. The molecule has 0 aliphatic carbocycles. The molecule has 2 amide bonds. The maximum absolute atomic E-state index is 11.6. The van der Waals surface area contributed by atoms with Crippen LogP contribution in [0.1, 0.15) is 23.5 Å². The molecule has 0 radical (unpaired) electrons. The Balaban J connectivity index is 2.42. The van der Waals surface area contributed by atoms with Crippen molar-refractivity contribution in [3.05, 3.63) is 16.3 Å². The Labute approximate surface area is 98.0 Å². The molecular weight excluding hydrogens is 226 g/mol. The predicted molar refractivity (Wildman–Crippen MR) is 64.3 cm³/mol. The number of hydrogen-bond donors (Lipinski definition) is 3. The van der Waals surface area contributed by atoms with Gasteiger partial charge in [0.2, 0.25) is 5.91 Å². The molecule has 6 heteroatoms. The first kappa shape index (κ1) is 12.5. The van der Waals surface area contributed by atoms with Crippen molar-refractivity contribution in [2.24, 2.45) is 0 Å². The molecule has 0 spiro atoms. The molecule has 1 aromatic rings. The lowest BCUT2D eigenvalue weighted by molar-refractivity contribution is -0.120. The van der Waals surface area contributed by atoms with Crippen molar-refractivity contribution in [3.8, 4) is 0 Å². The third-order valence-corrected chi connectivity index (χ3v) is 2.69. The fraction of sp³-hybridized carbons (Fsp3) is 0.400. The minimum atomic E-state index is -0.314. The highest BCUT2D eigenvalue weighted by Crippen LogP contribution is 2.17. The molecule has 0 fully saturated rings. The van der Waals surface area contributed by atoms with Gasteiger partial charge in [-0.2, -0.15) is 0 Å². The second-order valence-electron chi connectivity index (χ2n) is 3.61. The van der Waals surface area contributed by atoms with Gasteiger partial charge in [-0.05, 0) is 25.3 Å². The van der Waals surface area contributed by atoms with Crippen molar-refractivity contribution in [1.82, 2.24) is 10.6 Å². The number of rotatable bonds is 4. The van der Waals surface area contributed by atoms with E-state index in [1.807, 2.05) is 13.8 Å². The lowest BCUT2D eigenvalue weighted by atomic mass is 10.3. The Morgan fingerprint density at radius 3 is 2.69 bits per heavy atom. The van der Waals surface area contributed by atoms with Crippen molar-refractivity contribution in [2.45, 2.75) is 19.9 Å². The molecule has 0 atom stereocenters. The third kappa shape index (κ3) is 3.54. The summed E-state index contributed by atoms with van der Waals surface area (Å²) in [6.45, 7) is 3.68. The first-order chi connectivity index (χ1) is 7.50. The molecular formula is C10H15N3O2S. The Morgan fingerprint density at radius 1 is 1.50 bits per heavy atom. The van der Waals surface area contributed by atoms with E-state index in [0.29, 0.717) is 10.6 Å². The van der Waals surface area contributed by atoms with Crippen LogP contribution < -0.4 is 16.4 Å². The molecule has 0 aliphatic heterocycles. The maximum Gasteiger partial charge on any atom is 0.263 e. The summed E-state index contributed by atoms with van der Waals surface area (Å²) in [5, 5.41) is 6.92. The number of anilines is 1. The highest BCUT2D eigenvalue weighted by Gasteiger charge is 2.12. The molecule has 0 saturated heterocycles. The number of hydrogen-bond acceptors (Lipinski definition) is 4. The minimum absolute atomic E-state index is 0.0334. The zero-order chi connectivity index (χ0) is 12.1. The third-order valence-electron chi connectivity index (χ3n) is 1.76. The number of nitrogens with one attached hydrogen (secondary N) is 2. The van der Waals surface area contributed by atoms with Gasteiger partial charge >= 0.3 is 0 Å². The summed E-state index contributed by atoms with van der Waals surface area (Å²) in [5.41, 5.74) is 6.01. The van der Waals surface area contributed by atoms with Crippen LogP contribution in [0.15, 0.2) is 11.4 Å². The molecule has 5 nitrogen and oxygen atoms in total. The van der Waals surface area contributed by atoms with Crippen molar-refractivity contribution in [2.75, 3.05) is 12.3 Å². The summed E-state index contributed by atoms with van der Waals surface area (Å²) in [5.74, 6) is -0.523. The molecule has 4 N–H and O–H groups in total. The van der Waals surface area contributed by atoms with Gasteiger partial charge in [-0.3, -0.25) is 9.59 Å². The maximum atomic E-state index is 11.6. The highest BCUT2D eigenvalue weighted by molar-refractivity contribution is 7.12. The van der Waals surface area contributed by atoms with Gasteiger partial charge in [-0.1, -0.05) is 0 Å². The van der Waals surface area contributed by atoms with Crippen molar-refractivity contribution < 1.29 is 9.59 Å². The zero-order valence-corrected chi connectivity index (χ0v) is 10.1. The quantitative estimate of drug-likeness (QED) is 0.721. The molecule has 1 aromatic heterocycles. The van der Waals surface area contributed by atoms with Crippen LogP contribution in [0, 0.1) is 0 Å². The molecule has 0 bridgehead atoms. The number of nitrogens with two attached hydrogens (primary N) is 1. The second kappa shape index (κ2) is 5.50. The van der Waals surface area contributed by atoms with Gasteiger partial charge < -0.3 is 16.4 Å². The van der Waals surface area contributed by atoms with Crippen LogP contribution in [0.25, 0.3) is 0 Å². The largest absolute Gasteiger partial charge is 0.397 e. The smallest absolute Gasteiger partial charge is 0.263 e. The van der Waals surface area contributed by atoms with Crippen molar-refractivity contribution >= 4 is 28.8 Å². The summed E-state index contributed by atoms with van der Waals surface area (Å²) in [6.07, 6.45) is 0. The van der Waals surface area contributed by atoms with E-state index in [9.17, 15) is 9.59 Å². The predicted octanol–water partition coefficient (Wildman–Crippen LogP) is 0.585. The summed E-state index contributed by atoms with van der Waals surface area (Å²) in [7, 11) is 0. The van der Waals surface area contributed by atoms with Gasteiger partial charge in [-0.25, -0.2) is 0 Å². The lowest BCUT2D eigenvalue weighted by Gasteiger charge is -2.08. The summed E-state index contributed by atoms with van der Waals surface area (Å²) in [6, 6.07) is 1.73. The van der Waals surface area contributed by atoms with Crippen LogP contribution in [0.2, 0.25) is 0 Å². The first-order valence-corrected chi connectivity index (χ1v) is 5.79. The Kier molecular flexibility index (Phi) is 4.30. The van der Waals surface area contributed by atoms with E-state index >= 15 is 0 Å². The fourth-order valence-electron chi connectivity index (χ4n) is 1.12. The molecule has 0 unspecified atom stereocenters. The van der Waals surface area contributed by atoms with Crippen LogP contribution >= 0.6 is 11.3 Å². The van der Waals surface area contributed by atoms with E-state index < -0.39 is 0 Å². The van der Waals surface area contributed by atoms with E-state index in [1.54, 1.807) is 11.4 Å². The normalized spacial score (nSPS) is 10.2. The monoisotopic (exact) mass is 241 g/mol. The molecule has 1 rings (SSSR count). The molecule has 1 heterocycles. The minimum Gasteiger partial charge on any atom is -0.397 e. The molecule has 0 saturated carbocycles. The van der Waals surface area contributed by atoms with Gasteiger partial charge in [-0.15, -0.1) is 11.3 Å². The topological polar surface area (TPSA) is 84.2 Å². The van der Waals surface area contributed by atoms with E-state index in [2.05, 4.69) is 10.6 Å². The van der Waals surface area contributed by atoms with Gasteiger partial charge in [0, 0.05) is 6.04 Å². The van der Waals surface area contributed by atoms with Crippen molar-refractivity contribution in [1.29, 1.82) is 0 Å². The Bertz CT molecular complexity index is 387. The van der Waals surface area contributed by atoms with Crippen LogP contribution in [0.5, 0.6) is 0 Å². The zero-order valence-electron chi connectivity index (χ0n) is 9.24. The highest BCUT2D eigenvalue weighted by atomic mass is 32.1. The number of carbonyl (C=O) groups excluding carboxylic acids is 2. The van der Waals surface area contributed by atoms with Gasteiger partial charge in [0.15, 0.2) is 0 Å². The summed E-state index contributed by atoms with van der Waals surface area (Å²) >= 11 is 1.25. The Hall–Kier alpha value is -1.56. The Morgan fingerprint density at radius 2 is 2.19 bits per heavy atom. The van der Waals surface area contributed by atoms with Crippen LogP contribution in [0.3, 0.4) is 0 Å². The number of thiophene rings is 1. The summed E-state index contributed by atoms with van der Waals surface area (Å²) < 4.78 is 0.